The molecule has 0 aromatic carbocycles. The van der Waals surface area contributed by atoms with Crippen molar-refractivity contribution in [2.45, 2.75) is 45.7 Å². The molecule has 1 aromatic rings. The van der Waals surface area contributed by atoms with Crippen LogP contribution in [0.25, 0.3) is 0 Å². The van der Waals surface area contributed by atoms with E-state index in [1.807, 2.05) is 0 Å². The average molecular weight is 272 g/mol. The van der Waals surface area contributed by atoms with Crippen LogP contribution < -0.4 is 5.32 Å². The average Bonchev–Trinajstić information content (AvgIpc) is 2.61. The molecule has 0 radical (unpaired) electrons. The van der Waals surface area contributed by atoms with Crippen molar-refractivity contribution in [2.75, 3.05) is 11.5 Å². The summed E-state index contributed by atoms with van der Waals surface area (Å²) in [5.41, 5.74) is 1.18. The van der Waals surface area contributed by atoms with E-state index in [-0.39, 0.29) is 0 Å². The van der Waals surface area contributed by atoms with Gasteiger partial charge in [-0.15, -0.1) is 11.3 Å². The molecule has 2 rings (SSSR count). The molecule has 0 amide bonds. The maximum Gasteiger partial charge on any atom is 0.0900 e. The summed E-state index contributed by atoms with van der Waals surface area (Å²) in [7, 11) is -0.574. The zero-order chi connectivity index (χ0) is 12.4. The minimum absolute atomic E-state index is 0.302. The minimum atomic E-state index is -0.574. The van der Waals surface area contributed by atoms with Crippen molar-refractivity contribution in [3.8, 4) is 0 Å². The van der Waals surface area contributed by atoms with Gasteiger partial charge in [-0.1, -0.05) is 0 Å². The van der Waals surface area contributed by atoms with Crippen LogP contribution in [0.2, 0.25) is 0 Å². The highest BCUT2D eigenvalue weighted by Gasteiger charge is 2.21. The van der Waals surface area contributed by atoms with Gasteiger partial charge >= 0.3 is 0 Å². The van der Waals surface area contributed by atoms with Gasteiger partial charge < -0.3 is 5.32 Å². The number of nitrogens with one attached hydrogen (secondary N) is 1. The molecule has 96 valence electrons. The Kier molecular flexibility index (Phi) is 4.33. The van der Waals surface area contributed by atoms with Gasteiger partial charge in [0.1, 0.15) is 0 Å². The van der Waals surface area contributed by atoms with Crippen LogP contribution in [-0.4, -0.2) is 26.7 Å². The van der Waals surface area contributed by atoms with Crippen LogP contribution in [0.1, 0.15) is 41.4 Å². The highest BCUT2D eigenvalue weighted by atomic mass is 32.2. The van der Waals surface area contributed by atoms with Gasteiger partial charge in [-0.2, -0.15) is 0 Å². The van der Waals surface area contributed by atoms with Crippen LogP contribution in [0.15, 0.2) is 0 Å². The Labute approximate surface area is 109 Å². The third-order valence-electron chi connectivity index (χ3n) is 3.22. The standard InChI is InChI=1S/C12H20N2OS2/c1-8(12-9(2)16-10(3)14-12)13-11-4-6-17(15)7-5-11/h8,11,13H,4-7H2,1-3H3. The minimum Gasteiger partial charge on any atom is -0.306 e. The van der Waals surface area contributed by atoms with Crippen LogP contribution in [0, 0.1) is 13.8 Å². The Morgan fingerprint density at radius 2 is 2.06 bits per heavy atom. The Morgan fingerprint density at radius 1 is 1.41 bits per heavy atom. The summed E-state index contributed by atoms with van der Waals surface area (Å²) in [6.45, 7) is 6.36. The zero-order valence-electron chi connectivity index (χ0n) is 10.7. The van der Waals surface area contributed by atoms with E-state index in [1.54, 1.807) is 11.3 Å². The van der Waals surface area contributed by atoms with Gasteiger partial charge in [0.15, 0.2) is 0 Å². The molecule has 1 aliphatic rings. The fourth-order valence-corrected chi connectivity index (χ4v) is 4.55. The monoisotopic (exact) mass is 272 g/mol. The van der Waals surface area contributed by atoms with E-state index in [2.05, 4.69) is 31.1 Å². The van der Waals surface area contributed by atoms with E-state index in [9.17, 15) is 4.21 Å². The molecule has 17 heavy (non-hydrogen) atoms. The van der Waals surface area contributed by atoms with Crippen LogP contribution in [0.3, 0.4) is 0 Å². The summed E-state index contributed by atoms with van der Waals surface area (Å²) in [5, 5.41) is 4.75. The molecule has 1 aliphatic heterocycles. The topological polar surface area (TPSA) is 42.0 Å². The van der Waals surface area contributed by atoms with Crippen molar-refractivity contribution in [1.82, 2.24) is 10.3 Å². The Hall–Kier alpha value is -0.260. The number of hydrogen-bond acceptors (Lipinski definition) is 4. The molecular weight excluding hydrogens is 252 g/mol. The number of rotatable bonds is 3. The third-order valence-corrected chi connectivity index (χ3v) is 5.51. The molecule has 1 atom stereocenters. The normalized spacial score (nSPS) is 27.0. The van der Waals surface area contributed by atoms with E-state index in [0.717, 1.165) is 29.4 Å². The Bertz CT molecular complexity index is 407. The molecule has 3 nitrogen and oxygen atoms in total. The van der Waals surface area contributed by atoms with Gasteiger partial charge in [-0.3, -0.25) is 4.21 Å². The first-order chi connectivity index (χ1) is 8.06. The summed E-state index contributed by atoms with van der Waals surface area (Å²) in [5.74, 6) is 1.69. The molecular formula is C12H20N2OS2. The zero-order valence-corrected chi connectivity index (χ0v) is 12.3. The van der Waals surface area contributed by atoms with E-state index in [4.69, 9.17) is 0 Å². The fraction of sp³-hybridized carbons (Fsp3) is 0.750. The molecule has 0 aliphatic carbocycles. The van der Waals surface area contributed by atoms with E-state index >= 15 is 0 Å². The molecule has 1 fully saturated rings. The Morgan fingerprint density at radius 3 is 2.59 bits per heavy atom. The summed E-state index contributed by atoms with van der Waals surface area (Å²) in [6, 6.07) is 0.806. The van der Waals surface area contributed by atoms with Crippen molar-refractivity contribution >= 4 is 22.1 Å². The highest BCUT2D eigenvalue weighted by Crippen LogP contribution is 2.23. The summed E-state index contributed by atoms with van der Waals surface area (Å²) in [4.78, 5) is 5.89. The van der Waals surface area contributed by atoms with Gasteiger partial charge in [0, 0.05) is 39.3 Å². The van der Waals surface area contributed by atoms with E-state index in [0.29, 0.717) is 12.1 Å². The van der Waals surface area contributed by atoms with Gasteiger partial charge in [-0.25, -0.2) is 4.98 Å². The maximum absolute atomic E-state index is 11.3. The van der Waals surface area contributed by atoms with Crippen LogP contribution >= 0.6 is 11.3 Å². The van der Waals surface area contributed by atoms with Crippen LogP contribution in [0.4, 0.5) is 0 Å². The maximum atomic E-state index is 11.3. The van der Waals surface area contributed by atoms with Crippen molar-refractivity contribution in [2.24, 2.45) is 0 Å². The molecule has 0 saturated carbocycles. The molecule has 0 spiro atoms. The fourth-order valence-electron chi connectivity index (χ4n) is 2.34. The molecule has 1 unspecified atom stereocenters. The van der Waals surface area contributed by atoms with Crippen molar-refractivity contribution in [1.29, 1.82) is 0 Å². The van der Waals surface area contributed by atoms with E-state index < -0.39 is 10.8 Å². The first-order valence-corrected chi connectivity index (χ1v) is 8.41. The quantitative estimate of drug-likeness (QED) is 0.918. The lowest BCUT2D eigenvalue weighted by molar-refractivity contribution is 0.422. The summed E-state index contributed by atoms with van der Waals surface area (Å²) in [6.07, 6.45) is 2.05. The number of nitrogens with zero attached hydrogens (tertiary/aromatic N) is 1. The van der Waals surface area contributed by atoms with Gasteiger partial charge in [0.25, 0.3) is 0 Å². The molecule has 2 heterocycles. The second-order valence-electron chi connectivity index (χ2n) is 4.69. The molecule has 1 aromatic heterocycles. The molecule has 5 heteroatoms. The van der Waals surface area contributed by atoms with Gasteiger partial charge in [0.05, 0.1) is 10.7 Å². The molecule has 1 saturated heterocycles. The smallest absolute Gasteiger partial charge is 0.0900 e. The SMILES string of the molecule is Cc1nc(C(C)NC2CCS(=O)CC2)c(C)s1. The predicted molar refractivity (Wildman–Crippen MR) is 74.0 cm³/mol. The summed E-state index contributed by atoms with van der Waals surface area (Å²) >= 11 is 1.76. The highest BCUT2D eigenvalue weighted by molar-refractivity contribution is 7.85. The second kappa shape index (κ2) is 5.59. The third kappa shape index (κ3) is 3.36. The lowest BCUT2D eigenvalue weighted by atomic mass is 10.1. The Balaban J connectivity index is 1.95. The molecule has 1 N–H and O–H groups in total. The first kappa shape index (κ1) is 13.2. The van der Waals surface area contributed by atoms with Gasteiger partial charge in [-0.05, 0) is 33.6 Å². The molecule has 0 bridgehead atoms. The van der Waals surface area contributed by atoms with Crippen molar-refractivity contribution in [3.63, 3.8) is 0 Å². The largest absolute Gasteiger partial charge is 0.306 e. The van der Waals surface area contributed by atoms with E-state index in [1.165, 1.54) is 10.6 Å². The predicted octanol–water partition coefficient (Wildman–Crippen LogP) is 2.32. The number of aromatic nitrogens is 1. The number of thiazole rings is 1. The number of aryl methyl sites for hydroxylation is 2. The van der Waals surface area contributed by atoms with Crippen LogP contribution in [-0.2, 0) is 10.8 Å². The number of hydrogen-bond donors (Lipinski definition) is 1. The van der Waals surface area contributed by atoms with Crippen molar-refractivity contribution in [3.05, 3.63) is 15.6 Å². The van der Waals surface area contributed by atoms with Crippen molar-refractivity contribution < 1.29 is 4.21 Å². The van der Waals surface area contributed by atoms with Crippen LogP contribution in [0.5, 0.6) is 0 Å². The first-order valence-electron chi connectivity index (χ1n) is 6.11. The second-order valence-corrected chi connectivity index (χ2v) is 7.79. The lowest BCUT2D eigenvalue weighted by Crippen LogP contribution is -2.37. The van der Waals surface area contributed by atoms with Gasteiger partial charge in [0.2, 0.25) is 0 Å². The summed E-state index contributed by atoms with van der Waals surface area (Å²) < 4.78 is 11.3. The lowest BCUT2D eigenvalue weighted by Gasteiger charge is -2.26.